The zero-order valence-corrected chi connectivity index (χ0v) is 6.23. The van der Waals surface area contributed by atoms with Gasteiger partial charge in [0.2, 0.25) is 0 Å². The van der Waals surface area contributed by atoms with Crippen LogP contribution >= 0.6 is 0 Å². The van der Waals surface area contributed by atoms with E-state index in [1.165, 1.54) is 0 Å². The van der Waals surface area contributed by atoms with E-state index < -0.39 is 0 Å². The third kappa shape index (κ3) is 68.5. The molecule has 0 radical (unpaired) electrons. The van der Waals surface area contributed by atoms with Gasteiger partial charge in [0.05, 0.1) is 0 Å². The molecule has 32 valence electrons. The fourth-order valence-electron chi connectivity index (χ4n) is 0. The van der Waals surface area contributed by atoms with Gasteiger partial charge in [-0.2, -0.15) is 0 Å². The zero-order chi connectivity index (χ0) is 4.50. The van der Waals surface area contributed by atoms with Crippen LogP contribution in [0.15, 0.2) is 0 Å². The second-order valence-corrected chi connectivity index (χ2v) is 3.00. The van der Waals surface area contributed by atoms with Crippen LogP contribution in [0.4, 0.5) is 0 Å². The molecule has 0 nitrogen and oxygen atoms in total. The molecule has 0 aliphatic rings. The molecule has 0 aliphatic heterocycles. The van der Waals surface area contributed by atoms with Crippen LogP contribution in [0.2, 0.25) is 4.09 Å². The standard InChI is InChI=1S/C4H9.Al.Li.3H/c1-4(2)3;;;;;/h1-3H3;;;;;/q;+3;;3*-1. The van der Waals surface area contributed by atoms with Gasteiger partial charge in [-0.3, -0.25) is 0 Å². The van der Waals surface area contributed by atoms with E-state index in [-0.39, 0.29) is 21.6 Å². The molecule has 0 saturated heterocycles. The summed E-state index contributed by atoms with van der Waals surface area (Å²) in [5, 5.41) is 0. The number of hydrogen-bond acceptors (Lipinski definition) is 0. The molecule has 0 unspecified atom stereocenters. The minimum atomic E-state index is 0. The summed E-state index contributed by atoms with van der Waals surface area (Å²) in [4.78, 5) is 0. The third-order valence-corrected chi connectivity index (χ3v) is 0. The summed E-state index contributed by atoms with van der Waals surface area (Å²) >= 11 is 2.19. The predicted octanol–water partition coefficient (Wildman–Crippen LogP) is 1.33. The fraction of sp³-hybridized carbons (Fsp3) is 1.00. The van der Waals surface area contributed by atoms with Crippen LogP contribution in [0.5, 0.6) is 0 Å². The Morgan fingerprint density at radius 3 is 1.33 bits per heavy atom. The maximum atomic E-state index is 2.19. The van der Waals surface area contributed by atoms with E-state index in [9.17, 15) is 0 Å². The third-order valence-electron chi connectivity index (χ3n) is 0. The first-order valence-electron chi connectivity index (χ1n) is 2.00. The molecule has 0 rings (SSSR count). The number of hydrogen-bond donors (Lipinski definition) is 0. The van der Waals surface area contributed by atoms with Crippen molar-refractivity contribution in [2.75, 3.05) is 0 Å². The van der Waals surface area contributed by atoms with Crippen molar-refractivity contribution >= 4 is 35.1 Å². The molecule has 0 spiro atoms. The van der Waals surface area contributed by atoms with E-state index in [2.05, 4.69) is 38.5 Å². The van der Waals surface area contributed by atoms with Crippen LogP contribution in [0.25, 0.3) is 0 Å². The van der Waals surface area contributed by atoms with Crippen LogP contribution in [0.1, 0.15) is 25.1 Å². The van der Waals surface area contributed by atoms with E-state index >= 15 is 0 Å². The first kappa shape index (κ1) is 10.2. The topological polar surface area (TPSA) is 0 Å². The van der Waals surface area contributed by atoms with Gasteiger partial charge in [0.25, 0.3) is 0 Å². The van der Waals surface area contributed by atoms with Crippen LogP contribution < -0.4 is 0 Å². The first-order valence-corrected chi connectivity index (χ1v) is 2.00. The quantitative estimate of drug-likeness (QED) is 0.397. The minimum absolute atomic E-state index is 0. The van der Waals surface area contributed by atoms with Gasteiger partial charge in [-0.25, -0.2) is 0 Å². The van der Waals surface area contributed by atoms with Crippen LogP contribution in [-0.4, -0.2) is 35.1 Å². The molecule has 0 bridgehead atoms. The Bertz CT molecular complexity index is 31.3. The molecule has 0 amide bonds. The van der Waals surface area contributed by atoms with Gasteiger partial charge in [-0.05, 0) is 0 Å². The van der Waals surface area contributed by atoms with Gasteiger partial charge >= 0.3 is 59.9 Å². The van der Waals surface area contributed by atoms with Crippen LogP contribution in [0, 0.1) is 0 Å². The monoisotopic (exact) mass is 94.1 g/mol. The average molecular weight is 94.1 g/mol. The Balaban J connectivity index is -0.0000000133. The van der Waals surface area contributed by atoms with E-state index in [0.29, 0.717) is 4.09 Å². The SMILES string of the molecule is [Al+3].[H-].[H-].[H-].[Li][C](C)(C)C. The van der Waals surface area contributed by atoms with Crippen molar-refractivity contribution in [3.63, 3.8) is 0 Å². The van der Waals surface area contributed by atoms with Gasteiger partial charge in [0.1, 0.15) is 0 Å². The van der Waals surface area contributed by atoms with Crippen molar-refractivity contribution < 1.29 is 4.28 Å². The molecule has 0 N–H and O–H groups in total. The molecule has 0 aliphatic carbocycles. The molecule has 2 heteroatoms. The van der Waals surface area contributed by atoms with Gasteiger partial charge in [0.15, 0.2) is 0 Å². The molecule has 0 heterocycles. The maximum absolute atomic E-state index is 2.19. The predicted molar refractivity (Wildman–Crippen MR) is 34.6 cm³/mol. The van der Waals surface area contributed by atoms with Gasteiger partial charge in [0, 0.05) is 0 Å². The Hall–Kier alpha value is 1.13. The summed E-state index contributed by atoms with van der Waals surface area (Å²) in [5.41, 5.74) is 0. The molecule has 6 heavy (non-hydrogen) atoms. The van der Waals surface area contributed by atoms with Crippen molar-refractivity contribution in [1.29, 1.82) is 0 Å². The van der Waals surface area contributed by atoms with Crippen molar-refractivity contribution in [3.05, 3.63) is 0 Å². The Kier molecular flexibility index (Phi) is 5.38. The van der Waals surface area contributed by atoms with E-state index in [1.54, 1.807) is 0 Å². The van der Waals surface area contributed by atoms with Gasteiger partial charge < -0.3 is 4.28 Å². The van der Waals surface area contributed by atoms with E-state index in [1.807, 2.05) is 0 Å². The van der Waals surface area contributed by atoms with E-state index in [0.717, 1.165) is 0 Å². The van der Waals surface area contributed by atoms with Crippen molar-refractivity contribution in [1.82, 2.24) is 0 Å². The summed E-state index contributed by atoms with van der Waals surface area (Å²) in [6.07, 6.45) is 0. The van der Waals surface area contributed by atoms with Crippen LogP contribution in [-0.2, 0) is 0 Å². The summed E-state index contributed by atoms with van der Waals surface area (Å²) < 4.78 is 0.500. The van der Waals surface area contributed by atoms with Gasteiger partial charge in [-0.1, -0.05) is 0 Å². The summed E-state index contributed by atoms with van der Waals surface area (Å²) in [5.74, 6) is 0. The molecule has 0 aromatic rings. The molecule has 0 atom stereocenters. The molecule has 0 aromatic heterocycles. The second kappa shape index (κ2) is 3.17. The molecular formula is C4H12AlLi. The van der Waals surface area contributed by atoms with Crippen molar-refractivity contribution in [2.24, 2.45) is 0 Å². The molecular weight excluding hydrogens is 82.0 g/mol. The Morgan fingerprint density at radius 2 is 1.33 bits per heavy atom. The van der Waals surface area contributed by atoms with Gasteiger partial charge in [-0.15, -0.1) is 0 Å². The zero-order valence-electron chi connectivity index (χ0n) is 8.08. The first-order chi connectivity index (χ1) is 2.00. The molecule has 0 fully saturated rings. The molecule has 0 aromatic carbocycles. The number of rotatable bonds is 0. The summed E-state index contributed by atoms with van der Waals surface area (Å²) in [6, 6.07) is 0. The Morgan fingerprint density at radius 1 is 1.33 bits per heavy atom. The molecule has 0 saturated carbocycles. The normalized spacial score (nSPS) is 10.2. The fourth-order valence-corrected chi connectivity index (χ4v) is 0. The second-order valence-electron chi connectivity index (χ2n) is 3.00. The Labute approximate surface area is 64.5 Å². The summed E-state index contributed by atoms with van der Waals surface area (Å²) in [6.45, 7) is 6.56. The average Bonchev–Trinajstić information content (AvgIpc) is 0.722. The van der Waals surface area contributed by atoms with Crippen molar-refractivity contribution in [2.45, 2.75) is 24.9 Å². The van der Waals surface area contributed by atoms with E-state index in [4.69, 9.17) is 0 Å². The van der Waals surface area contributed by atoms with Crippen LogP contribution in [0.3, 0.4) is 0 Å². The van der Waals surface area contributed by atoms with Crippen molar-refractivity contribution in [3.8, 4) is 0 Å². The summed E-state index contributed by atoms with van der Waals surface area (Å²) in [7, 11) is 0.